The summed E-state index contributed by atoms with van der Waals surface area (Å²) in [6, 6.07) is 3.04. The average Bonchev–Trinajstić information content (AvgIpc) is 2.81. The normalized spacial score (nSPS) is 13.8. The Morgan fingerprint density at radius 2 is 1.82 bits per heavy atom. The minimum atomic E-state index is -4.02. The van der Waals surface area contributed by atoms with Gasteiger partial charge in [0.2, 0.25) is 5.89 Å². The largest absolute Gasteiger partial charge is 0.439 e. The number of aromatic nitrogens is 1. The highest BCUT2D eigenvalue weighted by molar-refractivity contribution is 7.93. The maximum Gasteiger partial charge on any atom is 0.200 e. The van der Waals surface area contributed by atoms with Crippen molar-refractivity contribution in [3.8, 4) is 0 Å². The fourth-order valence-electron chi connectivity index (χ4n) is 1.86. The van der Waals surface area contributed by atoms with E-state index in [1.54, 1.807) is 6.07 Å². The topological polar surface area (TPSA) is 60.2 Å². The van der Waals surface area contributed by atoms with E-state index in [2.05, 4.69) is 4.98 Å². The standard InChI is InChI=1S/C15H19ClFNO3S/c1-14(2,3)13-18-10-7-6-9(16)12(11(10)21-13)22(19,20)15(4,5)8-17/h6-7H,8H2,1-5H3. The van der Waals surface area contributed by atoms with Gasteiger partial charge < -0.3 is 4.42 Å². The second kappa shape index (κ2) is 5.20. The molecule has 0 radical (unpaired) electrons. The summed E-state index contributed by atoms with van der Waals surface area (Å²) < 4.78 is 42.8. The summed E-state index contributed by atoms with van der Waals surface area (Å²) in [5.74, 6) is 0.402. The molecule has 0 atom stereocenters. The van der Waals surface area contributed by atoms with Gasteiger partial charge in [-0.05, 0) is 26.0 Å². The van der Waals surface area contributed by atoms with E-state index in [9.17, 15) is 12.8 Å². The van der Waals surface area contributed by atoms with Crippen LogP contribution in [0, 0.1) is 0 Å². The van der Waals surface area contributed by atoms with Crippen molar-refractivity contribution in [3.05, 3.63) is 23.0 Å². The van der Waals surface area contributed by atoms with Crippen LogP contribution in [0.2, 0.25) is 5.02 Å². The molecule has 2 aromatic rings. The molecular weight excluding hydrogens is 329 g/mol. The molecule has 0 N–H and O–H groups in total. The molecule has 0 spiro atoms. The number of rotatable bonds is 3. The maximum absolute atomic E-state index is 13.2. The highest BCUT2D eigenvalue weighted by atomic mass is 35.5. The number of sulfone groups is 1. The molecule has 0 aliphatic carbocycles. The number of hydrogen-bond acceptors (Lipinski definition) is 4. The molecule has 0 fully saturated rings. The van der Waals surface area contributed by atoms with Crippen molar-refractivity contribution in [2.24, 2.45) is 0 Å². The lowest BCUT2D eigenvalue weighted by Crippen LogP contribution is -2.34. The van der Waals surface area contributed by atoms with E-state index >= 15 is 0 Å². The predicted molar refractivity (Wildman–Crippen MR) is 85.0 cm³/mol. The maximum atomic E-state index is 13.2. The average molecular weight is 348 g/mol. The third kappa shape index (κ3) is 2.63. The molecule has 1 aromatic carbocycles. The summed E-state index contributed by atoms with van der Waals surface area (Å²) in [7, 11) is -4.02. The van der Waals surface area contributed by atoms with Gasteiger partial charge in [-0.25, -0.2) is 17.8 Å². The molecule has 2 rings (SSSR count). The van der Waals surface area contributed by atoms with Gasteiger partial charge in [0, 0.05) is 5.41 Å². The van der Waals surface area contributed by atoms with Crippen LogP contribution in [0.25, 0.3) is 11.1 Å². The van der Waals surface area contributed by atoms with E-state index in [0.29, 0.717) is 11.4 Å². The molecule has 0 amide bonds. The van der Waals surface area contributed by atoms with E-state index in [-0.39, 0.29) is 20.9 Å². The summed E-state index contributed by atoms with van der Waals surface area (Å²) in [6.45, 7) is 7.32. The van der Waals surface area contributed by atoms with Crippen molar-refractivity contribution in [1.29, 1.82) is 0 Å². The Hall–Kier alpha value is -1.14. The highest BCUT2D eigenvalue weighted by Crippen LogP contribution is 2.38. The van der Waals surface area contributed by atoms with Gasteiger partial charge in [-0.15, -0.1) is 0 Å². The highest BCUT2D eigenvalue weighted by Gasteiger charge is 2.40. The first-order valence-corrected chi connectivity index (χ1v) is 8.68. The van der Waals surface area contributed by atoms with Gasteiger partial charge in [0.05, 0.1) is 9.77 Å². The summed E-state index contributed by atoms with van der Waals surface area (Å²) >= 11 is 6.08. The van der Waals surface area contributed by atoms with Crippen LogP contribution in [0.5, 0.6) is 0 Å². The van der Waals surface area contributed by atoms with Gasteiger partial charge in [0.1, 0.15) is 17.1 Å². The zero-order chi connectivity index (χ0) is 16.9. The number of halogens is 2. The number of fused-ring (bicyclic) bond motifs is 1. The first-order chi connectivity index (χ1) is 9.91. The molecule has 4 nitrogen and oxygen atoms in total. The molecule has 0 saturated carbocycles. The fraction of sp³-hybridized carbons (Fsp3) is 0.533. The van der Waals surface area contributed by atoms with Gasteiger partial charge in [0.25, 0.3) is 0 Å². The Morgan fingerprint density at radius 1 is 1.23 bits per heavy atom. The third-order valence-electron chi connectivity index (χ3n) is 3.42. The molecular formula is C15H19ClFNO3S. The first kappa shape index (κ1) is 17.2. The lowest BCUT2D eigenvalue weighted by molar-refractivity contribution is 0.403. The van der Waals surface area contributed by atoms with Crippen molar-refractivity contribution in [3.63, 3.8) is 0 Å². The van der Waals surface area contributed by atoms with E-state index in [1.165, 1.54) is 19.9 Å². The van der Waals surface area contributed by atoms with E-state index < -0.39 is 21.3 Å². The molecule has 0 aliphatic rings. The van der Waals surface area contributed by atoms with Crippen LogP contribution >= 0.6 is 11.6 Å². The van der Waals surface area contributed by atoms with Crippen LogP contribution in [-0.2, 0) is 15.3 Å². The van der Waals surface area contributed by atoms with Gasteiger partial charge >= 0.3 is 0 Å². The molecule has 0 unspecified atom stereocenters. The van der Waals surface area contributed by atoms with E-state index in [0.717, 1.165) is 0 Å². The lowest BCUT2D eigenvalue weighted by atomic mass is 9.97. The van der Waals surface area contributed by atoms with Gasteiger partial charge in [0.15, 0.2) is 15.4 Å². The van der Waals surface area contributed by atoms with Gasteiger partial charge in [-0.3, -0.25) is 0 Å². The molecule has 7 heteroatoms. The van der Waals surface area contributed by atoms with Crippen LogP contribution in [0.4, 0.5) is 4.39 Å². The Balaban J connectivity index is 2.84. The molecule has 1 heterocycles. The van der Waals surface area contributed by atoms with Crippen LogP contribution < -0.4 is 0 Å². The lowest BCUT2D eigenvalue weighted by Gasteiger charge is -2.21. The monoisotopic (exact) mass is 347 g/mol. The van der Waals surface area contributed by atoms with Crippen molar-refractivity contribution in [1.82, 2.24) is 4.98 Å². The van der Waals surface area contributed by atoms with Crippen molar-refractivity contribution < 1.29 is 17.2 Å². The SMILES string of the molecule is CC(C)(C)c1nc2ccc(Cl)c(S(=O)(=O)C(C)(C)CF)c2o1. The summed E-state index contributed by atoms with van der Waals surface area (Å²) in [6.07, 6.45) is 0. The van der Waals surface area contributed by atoms with E-state index in [1.807, 2.05) is 20.8 Å². The number of benzene rings is 1. The zero-order valence-electron chi connectivity index (χ0n) is 13.2. The molecule has 1 aromatic heterocycles. The third-order valence-corrected chi connectivity index (χ3v) is 6.36. The summed E-state index contributed by atoms with van der Waals surface area (Å²) in [4.78, 5) is 4.13. The minimum Gasteiger partial charge on any atom is -0.439 e. The number of hydrogen-bond donors (Lipinski definition) is 0. The number of nitrogens with zero attached hydrogens (tertiary/aromatic N) is 1. The Bertz CT molecular complexity index is 819. The first-order valence-electron chi connectivity index (χ1n) is 6.82. The number of alkyl halides is 1. The van der Waals surface area contributed by atoms with Crippen LogP contribution in [0.15, 0.2) is 21.4 Å². The van der Waals surface area contributed by atoms with Crippen LogP contribution in [0.1, 0.15) is 40.5 Å². The van der Waals surface area contributed by atoms with Crippen molar-refractivity contribution in [2.45, 2.75) is 49.7 Å². The van der Waals surface area contributed by atoms with E-state index in [4.69, 9.17) is 16.0 Å². The van der Waals surface area contributed by atoms with Crippen LogP contribution in [0.3, 0.4) is 0 Å². The minimum absolute atomic E-state index is 0.00522. The Morgan fingerprint density at radius 3 is 2.32 bits per heavy atom. The van der Waals surface area contributed by atoms with Gasteiger partial charge in [-0.1, -0.05) is 32.4 Å². The van der Waals surface area contributed by atoms with Crippen LogP contribution in [-0.4, -0.2) is 24.8 Å². The number of oxazole rings is 1. The summed E-state index contributed by atoms with van der Waals surface area (Å²) in [5.41, 5.74) is 0.0868. The Kier molecular flexibility index (Phi) is 4.07. The van der Waals surface area contributed by atoms with Crippen molar-refractivity contribution in [2.75, 3.05) is 6.67 Å². The predicted octanol–water partition coefficient (Wildman–Crippen LogP) is 4.30. The molecule has 0 aliphatic heterocycles. The second-order valence-corrected chi connectivity index (χ2v) is 9.82. The fourth-order valence-corrected chi connectivity index (χ4v) is 3.73. The van der Waals surface area contributed by atoms with Crippen molar-refractivity contribution >= 4 is 32.5 Å². The zero-order valence-corrected chi connectivity index (χ0v) is 14.8. The Labute approximate surface area is 134 Å². The molecule has 0 bridgehead atoms. The second-order valence-electron chi connectivity index (χ2n) is 6.89. The molecule has 22 heavy (non-hydrogen) atoms. The summed E-state index contributed by atoms with van der Waals surface area (Å²) in [5, 5.41) is 0.00522. The smallest absolute Gasteiger partial charge is 0.200 e. The molecule has 122 valence electrons. The quantitative estimate of drug-likeness (QED) is 0.830. The molecule has 0 saturated heterocycles. The van der Waals surface area contributed by atoms with Gasteiger partial charge in [-0.2, -0.15) is 0 Å².